The van der Waals surface area contributed by atoms with Gasteiger partial charge < -0.3 is 10.6 Å². The average Bonchev–Trinajstić information content (AvgIpc) is 3.30. The summed E-state index contributed by atoms with van der Waals surface area (Å²) >= 11 is 0. The molecule has 0 saturated heterocycles. The topological polar surface area (TPSA) is 140 Å². The number of anilines is 1. The zero-order valence-electron chi connectivity index (χ0n) is 21.4. The van der Waals surface area contributed by atoms with E-state index in [4.69, 9.17) is 15.4 Å². The maximum Gasteiger partial charge on any atom is 0.255 e. The highest BCUT2D eigenvalue weighted by Crippen LogP contribution is 2.30. The highest BCUT2D eigenvalue weighted by molar-refractivity contribution is 6.00. The Morgan fingerprint density at radius 2 is 1.95 bits per heavy atom. The van der Waals surface area contributed by atoms with Crippen LogP contribution in [0.15, 0.2) is 36.7 Å². The van der Waals surface area contributed by atoms with E-state index >= 15 is 0 Å². The van der Waals surface area contributed by atoms with Crippen LogP contribution in [0.1, 0.15) is 62.4 Å². The fourth-order valence-electron chi connectivity index (χ4n) is 4.47. The fraction of sp³-hybridized carbons (Fsp3) is 0.444. The molecule has 1 aliphatic carbocycles. The molecule has 1 fully saturated rings. The zero-order chi connectivity index (χ0) is 26.4. The summed E-state index contributed by atoms with van der Waals surface area (Å²) in [7, 11) is 0. The normalized spacial score (nSPS) is 17.6. The molecule has 0 atom stereocenters. The number of aromatic nitrogens is 3. The molecule has 10 nitrogen and oxygen atoms in total. The first-order valence-corrected chi connectivity index (χ1v) is 12.5. The predicted molar refractivity (Wildman–Crippen MR) is 139 cm³/mol. The van der Waals surface area contributed by atoms with Gasteiger partial charge in [0.25, 0.3) is 5.91 Å². The lowest BCUT2D eigenvalue weighted by Crippen LogP contribution is -2.35. The molecule has 0 unspecified atom stereocenters. The molecule has 0 aromatic carbocycles. The van der Waals surface area contributed by atoms with Crippen molar-refractivity contribution in [1.29, 1.82) is 10.5 Å². The highest BCUT2D eigenvalue weighted by Gasteiger charge is 2.24. The molecule has 3 heterocycles. The van der Waals surface area contributed by atoms with Gasteiger partial charge in [-0.2, -0.15) is 15.6 Å². The van der Waals surface area contributed by atoms with Crippen molar-refractivity contribution in [2.24, 2.45) is 5.92 Å². The van der Waals surface area contributed by atoms with Crippen LogP contribution < -0.4 is 16.1 Å². The van der Waals surface area contributed by atoms with Crippen LogP contribution in [0.25, 0.3) is 16.9 Å². The zero-order valence-corrected chi connectivity index (χ0v) is 21.4. The van der Waals surface area contributed by atoms with E-state index in [9.17, 15) is 4.79 Å². The number of nitrogens with zero attached hydrogens (tertiary/aromatic N) is 5. The second kappa shape index (κ2) is 11.4. The average molecular weight is 501 g/mol. The molecule has 0 bridgehead atoms. The number of amides is 1. The Balaban J connectivity index is 1.52. The minimum atomic E-state index is -0.350. The first-order chi connectivity index (χ1) is 17.8. The molecule has 3 aromatic rings. The van der Waals surface area contributed by atoms with Crippen molar-refractivity contribution in [3.63, 3.8) is 0 Å². The smallest absolute Gasteiger partial charge is 0.255 e. The van der Waals surface area contributed by atoms with Crippen LogP contribution in [-0.2, 0) is 4.84 Å². The minimum absolute atomic E-state index is 0.0801. The quantitative estimate of drug-likeness (QED) is 0.313. The van der Waals surface area contributed by atoms with E-state index in [1.54, 1.807) is 10.6 Å². The van der Waals surface area contributed by atoms with E-state index in [-0.39, 0.29) is 24.1 Å². The Bertz CT molecular complexity index is 1340. The van der Waals surface area contributed by atoms with Gasteiger partial charge >= 0.3 is 0 Å². The largest absolute Gasteiger partial charge is 0.382 e. The van der Waals surface area contributed by atoms with Crippen molar-refractivity contribution in [3.8, 4) is 23.5 Å². The molecule has 1 amide bonds. The Labute approximate surface area is 216 Å². The number of carbonyl (C=O) groups is 1. The molecule has 0 spiro atoms. The second-order valence-electron chi connectivity index (χ2n) is 10.3. The lowest BCUT2D eigenvalue weighted by molar-refractivity contribution is -0.0783. The highest BCUT2D eigenvalue weighted by atomic mass is 16.7. The van der Waals surface area contributed by atoms with E-state index in [0.29, 0.717) is 28.4 Å². The molecule has 37 heavy (non-hydrogen) atoms. The van der Waals surface area contributed by atoms with Crippen LogP contribution in [0.3, 0.4) is 0 Å². The number of hydrogen-bond acceptors (Lipinski definition) is 8. The van der Waals surface area contributed by atoms with E-state index in [1.165, 1.54) is 12.4 Å². The molecule has 10 heteroatoms. The number of hydroxylamine groups is 1. The summed E-state index contributed by atoms with van der Waals surface area (Å²) in [5, 5.41) is 28.6. The van der Waals surface area contributed by atoms with Crippen LogP contribution in [-0.4, -0.2) is 45.2 Å². The molecule has 3 N–H and O–H groups in total. The standard InChI is InChI=1S/C27H32N8O2/c1-27(2,3)37-33-16-18-4-6-20(7-5-18)34-23-13-24(31-17-22(23)26(36)30-11-10-28)25-9-8-21-12-19(14-29)15-32-35(21)25/h8-9,12-13,15,17-18,20,33H,4-7,11,16H2,1-3H3,(H,30,36)(H,31,34). The summed E-state index contributed by atoms with van der Waals surface area (Å²) < 4.78 is 1.72. The molecule has 0 aliphatic heterocycles. The third-order valence-electron chi connectivity index (χ3n) is 6.33. The van der Waals surface area contributed by atoms with E-state index in [2.05, 4.69) is 32.3 Å². The summed E-state index contributed by atoms with van der Waals surface area (Å²) in [6, 6.07) is 11.6. The van der Waals surface area contributed by atoms with Crippen molar-refractivity contribution >= 4 is 17.1 Å². The van der Waals surface area contributed by atoms with Crippen LogP contribution in [0.5, 0.6) is 0 Å². The number of nitrogens with one attached hydrogen (secondary N) is 3. The Kier molecular flexibility index (Phi) is 8.02. The van der Waals surface area contributed by atoms with Gasteiger partial charge in [0, 0.05) is 18.8 Å². The fourth-order valence-corrected chi connectivity index (χ4v) is 4.47. The van der Waals surface area contributed by atoms with E-state index < -0.39 is 0 Å². The number of pyridine rings is 1. The first kappa shape index (κ1) is 26.1. The van der Waals surface area contributed by atoms with Gasteiger partial charge in [-0.1, -0.05) is 0 Å². The Hall–Kier alpha value is -3.99. The van der Waals surface area contributed by atoms with Crippen molar-refractivity contribution in [1.82, 2.24) is 25.4 Å². The molecule has 1 aliphatic rings. The van der Waals surface area contributed by atoms with Crippen molar-refractivity contribution in [3.05, 3.63) is 47.8 Å². The van der Waals surface area contributed by atoms with Crippen molar-refractivity contribution in [2.45, 2.75) is 58.1 Å². The lowest BCUT2D eigenvalue weighted by atomic mass is 9.86. The van der Waals surface area contributed by atoms with Gasteiger partial charge in [0.1, 0.15) is 12.6 Å². The van der Waals surface area contributed by atoms with E-state index in [1.807, 2.05) is 45.0 Å². The number of nitriles is 2. The second-order valence-corrected chi connectivity index (χ2v) is 10.3. The van der Waals surface area contributed by atoms with Crippen molar-refractivity contribution < 1.29 is 9.63 Å². The summed E-state index contributed by atoms with van der Waals surface area (Å²) in [5.41, 5.74) is 6.61. The maximum atomic E-state index is 12.8. The van der Waals surface area contributed by atoms with Gasteiger partial charge in [-0.3, -0.25) is 14.6 Å². The van der Waals surface area contributed by atoms with Crippen molar-refractivity contribution in [2.75, 3.05) is 18.4 Å². The Morgan fingerprint density at radius 3 is 2.65 bits per heavy atom. The summed E-state index contributed by atoms with van der Waals surface area (Å²) in [6.45, 7) is 6.79. The van der Waals surface area contributed by atoms with Gasteiger partial charge in [0.05, 0.1) is 51.6 Å². The monoisotopic (exact) mass is 500 g/mol. The van der Waals surface area contributed by atoms with Crippen LogP contribution in [0.4, 0.5) is 5.69 Å². The summed E-state index contributed by atoms with van der Waals surface area (Å²) in [5.74, 6) is 0.181. The lowest BCUT2D eigenvalue weighted by Gasteiger charge is -2.31. The van der Waals surface area contributed by atoms with Gasteiger partial charge in [0.15, 0.2) is 0 Å². The third-order valence-corrected chi connectivity index (χ3v) is 6.33. The molecule has 0 radical (unpaired) electrons. The van der Waals surface area contributed by atoms with Gasteiger partial charge in [-0.25, -0.2) is 10.00 Å². The molecule has 1 saturated carbocycles. The minimum Gasteiger partial charge on any atom is -0.382 e. The maximum absolute atomic E-state index is 12.8. The number of fused-ring (bicyclic) bond motifs is 1. The summed E-state index contributed by atoms with van der Waals surface area (Å²) in [4.78, 5) is 23.0. The molecule has 192 valence electrons. The molecular formula is C27H32N8O2. The van der Waals surface area contributed by atoms with Crippen LogP contribution >= 0.6 is 0 Å². The number of hydrogen-bond donors (Lipinski definition) is 3. The molecular weight excluding hydrogens is 468 g/mol. The number of rotatable bonds is 8. The van der Waals surface area contributed by atoms with Crippen LogP contribution in [0, 0.1) is 28.6 Å². The first-order valence-electron chi connectivity index (χ1n) is 12.5. The van der Waals surface area contributed by atoms with Crippen LogP contribution in [0.2, 0.25) is 0 Å². The summed E-state index contributed by atoms with van der Waals surface area (Å²) in [6.07, 6.45) is 7.06. The van der Waals surface area contributed by atoms with Gasteiger partial charge in [-0.05, 0) is 76.6 Å². The molecule has 4 rings (SSSR count). The van der Waals surface area contributed by atoms with Gasteiger partial charge in [0.2, 0.25) is 0 Å². The van der Waals surface area contributed by atoms with Gasteiger partial charge in [-0.15, -0.1) is 0 Å². The predicted octanol–water partition coefficient (Wildman–Crippen LogP) is 3.81. The molecule has 3 aromatic heterocycles. The Morgan fingerprint density at radius 1 is 1.16 bits per heavy atom. The number of carbonyl (C=O) groups excluding carboxylic acids is 1. The SMILES string of the molecule is CC(C)(C)ONCC1CCC(Nc2cc(-c3ccc4cc(C#N)cnn34)ncc2C(=O)NCC#N)CC1. The third kappa shape index (κ3) is 6.62. The van der Waals surface area contributed by atoms with E-state index in [0.717, 1.165) is 43.4 Å².